The summed E-state index contributed by atoms with van der Waals surface area (Å²) in [5.41, 5.74) is 0.308. The van der Waals surface area contributed by atoms with Gasteiger partial charge in [0.05, 0.1) is 17.4 Å². The Hall–Kier alpha value is -1.91. The standard InChI is InChI=1S/C21H29N3O3S/c1-22-19-10-7-11-20(13-19)28(26,27)24-14-17(16-8-5-4-6-9-16)12-18(15-24)21(25)23(2)3/h7,10-11,13,16-18H,4-6,8-9,12,14-15H2,2-3H3/t17-,18+/m1/s1. The number of piperidine rings is 1. The number of sulfonamides is 1. The van der Waals surface area contributed by atoms with Crippen molar-refractivity contribution in [2.75, 3.05) is 27.2 Å². The van der Waals surface area contributed by atoms with E-state index < -0.39 is 10.0 Å². The van der Waals surface area contributed by atoms with Crippen molar-refractivity contribution in [3.63, 3.8) is 0 Å². The van der Waals surface area contributed by atoms with Crippen LogP contribution in [0.2, 0.25) is 0 Å². The van der Waals surface area contributed by atoms with Gasteiger partial charge in [0.15, 0.2) is 5.69 Å². The first-order valence-electron chi connectivity index (χ1n) is 10.0. The maximum Gasteiger partial charge on any atom is 0.241 e. The molecular formula is C21H29N3O3S. The first kappa shape index (κ1) is 20.8. The molecule has 0 radical (unpaired) electrons. The van der Waals surface area contributed by atoms with E-state index in [1.807, 2.05) is 0 Å². The summed E-state index contributed by atoms with van der Waals surface area (Å²) in [6.45, 7) is 7.83. The number of amides is 1. The molecule has 1 aliphatic carbocycles. The highest BCUT2D eigenvalue weighted by atomic mass is 32.2. The van der Waals surface area contributed by atoms with Crippen molar-refractivity contribution in [2.45, 2.75) is 43.4 Å². The number of hydrogen-bond donors (Lipinski definition) is 0. The van der Waals surface area contributed by atoms with Crippen molar-refractivity contribution in [2.24, 2.45) is 17.8 Å². The molecule has 1 saturated carbocycles. The minimum absolute atomic E-state index is 0.00406. The molecule has 2 aliphatic rings. The third-order valence-corrected chi connectivity index (χ3v) is 7.97. The third-order valence-electron chi connectivity index (χ3n) is 6.14. The maximum absolute atomic E-state index is 13.3. The van der Waals surface area contributed by atoms with Crippen LogP contribution in [-0.2, 0) is 14.8 Å². The predicted octanol–water partition coefficient (Wildman–Crippen LogP) is 3.53. The molecule has 1 saturated heterocycles. The number of nitrogens with zero attached hydrogens (tertiary/aromatic N) is 3. The summed E-state index contributed by atoms with van der Waals surface area (Å²) >= 11 is 0. The van der Waals surface area contributed by atoms with Gasteiger partial charge in [0.1, 0.15) is 0 Å². The van der Waals surface area contributed by atoms with Crippen LogP contribution in [-0.4, -0.2) is 50.7 Å². The van der Waals surface area contributed by atoms with Crippen LogP contribution >= 0.6 is 0 Å². The predicted molar refractivity (Wildman–Crippen MR) is 108 cm³/mol. The monoisotopic (exact) mass is 403 g/mol. The zero-order valence-corrected chi connectivity index (χ0v) is 17.5. The van der Waals surface area contributed by atoms with Gasteiger partial charge in [0.25, 0.3) is 0 Å². The molecule has 152 valence electrons. The molecule has 0 unspecified atom stereocenters. The first-order valence-corrected chi connectivity index (χ1v) is 11.5. The van der Waals surface area contributed by atoms with Crippen molar-refractivity contribution in [3.05, 3.63) is 35.7 Å². The van der Waals surface area contributed by atoms with E-state index in [1.165, 1.54) is 35.7 Å². The lowest BCUT2D eigenvalue weighted by atomic mass is 9.74. The van der Waals surface area contributed by atoms with Crippen LogP contribution in [0.1, 0.15) is 38.5 Å². The molecule has 0 aromatic heterocycles. The SMILES string of the molecule is [C-]#[N+]c1cccc(S(=O)(=O)N2C[C@@H](C(=O)N(C)C)C[C@@H](C3CCCCC3)C2)c1. The number of carbonyl (C=O) groups excluding carboxylic acids is 1. The highest BCUT2D eigenvalue weighted by Gasteiger charge is 2.40. The van der Waals surface area contributed by atoms with Crippen LogP contribution < -0.4 is 0 Å². The van der Waals surface area contributed by atoms with Gasteiger partial charge in [-0.25, -0.2) is 13.3 Å². The Balaban J connectivity index is 1.90. The van der Waals surface area contributed by atoms with Crippen LogP contribution in [0.4, 0.5) is 5.69 Å². The van der Waals surface area contributed by atoms with Crippen molar-refractivity contribution < 1.29 is 13.2 Å². The smallest absolute Gasteiger partial charge is 0.241 e. The van der Waals surface area contributed by atoms with E-state index in [0.717, 1.165) is 19.3 Å². The zero-order chi connectivity index (χ0) is 20.3. The Morgan fingerprint density at radius 1 is 1.14 bits per heavy atom. The van der Waals surface area contributed by atoms with E-state index in [-0.39, 0.29) is 29.2 Å². The fourth-order valence-corrected chi connectivity index (χ4v) is 6.23. The number of carbonyl (C=O) groups is 1. The van der Waals surface area contributed by atoms with Crippen molar-refractivity contribution in [3.8, 4) is 0 Å². The highest BCUT2D eigenvalue weighted by Crippen LogP contribution is 2.38. The Kier molecular flexibility index (Phi) is 6.41. The van der Waals surface area contributed by atoms with Gasteiger partial charge in [-0.05, 0) is 30.4 Å². The van der Waals surface area contributed by atoms with Gasteiger partial charge in [0.2, 0.25) is 15.9 Å². The number of rotatable bonds is 4. The second kappa shape index (κ2) is 8.62. The molecule has 6 nitrogen and oxygen atoms in total. The Morgan fingerprint density at radius 3 is 2.50 bits per heavy atom. The van der Waals surface area contributed by atoms with Crippen molar-refractivity contribution in [1.82, 2.24) is 9.21 Å². The second-order valence-corrected chi connectivity index (χ2v) is 10.2. The molecule has 2 fully saturated rings. The Morgan fingerprint density at radius 2 is 1.86 bits per heavy atom. The van der Waals surface area contributed by atoms with E-state index in [1.54, 1.807) is 31.1 Å². The van der Waals surface area contributed by atoms with Crippen LogP contribution in [0.5, 0.6) is 0 Å². The summed E-state index contributed by atoms with van der Waals surface area (Å²) in [5, 5.41) is 0. The molecule has 1 heterocycles. The molecule has 0 N–H and O–H groups in total. The molecule has 1 aromatic rings. The first-order chi connectivity index (χ1) is 13.3. The lowest BCUT2D eigenvalue weighted by Crippen LogP contribution is -2.50. The van der Waals surface area contributed by atoms with Crippen molar-refractivity contribution in [1.29, 1.82) is 0 Å². The van der Waals surface area contributed by atoms with Crippen LogP contribution in [0.25, 0.3) is 4.85 Å². The van der Waals surface area contributed by atoms with Crippen LogP contribution in [0.3, 0.4) is 0 Å². The van der Waals surface area contributed by atoms with E-state index in [2.05, 4.69) is 4.85 Å². The average molecular weight is 404 g/mol. The Labute approximate surface area is 168 Å². The highest BCUT2D eigenvalue weighted by molar-refractivity contribution is 7.89. The lowest BCUT2D eigenvalue weighted by molar-refractivity contribution is -0.135. The lowest BCUT2D eigenvalue weighted by Gasteiger charge is -2.41. The zero-order valence-electron chi connectivity index (χ0n) is 16.7. The summed E-state index contributed by atoms with van der Waals surface area (Å²) in [7, 11) is -0.285. The minimum Gasteiger partial charge on any atom is -0.349 e. The van der Waals surface area contributed by atoms with Gasteiger partial charge in [-0.3, -0.25) is 4.79 Å². The molecule has 3 rings (SSSR count). The number of hydrogen-bond acceptors (Lipinski definition) is 3. The fraction of sp³-hybridized carbons (Fsp3) is 0.619. The van der Waals surface area contributed by atoms with Gasteiger partial charge in [0, 0.05) is 27.2 Å². The van der Waals surface area contributed by atoms with E-state index in [0.29, 0.717) is 18.2 Å². The van der Waals surface area contributed by atoms with E-state index >= 15 is 0 Å². The normalized spacial score (nSPS) is 24.5. The maximum atomic E-state index is 13.3. The molecule has 1 aromatic carbocycles. The fourth-order valence-electron chi connectivity index (χ4n) is 4.65. The van der Waals surface area contributed by atoms with Gasteiger partial charge < -0.3 is 4.90 Å². The summed E-state index contributed by atoms with van der Waals surface area (Å²) in [5.74, 6) is 0.380. The molecule has 1 aliphatic heterocycles. The van der Waals surface area contributed by atoms with Gasteiger partial charge >= 0.3 is 0 Å². The van der Waals surface area contributed by atoms with E-state index in [9.17, 15) is 13.2 Å². The van der Waals surface area contributed by atoms with Crippen LogP contribution in [0.15, 0.2) is 29.2 Å². The number of benzene rings is 1. The van der Waals surface area contributed by atoms with Gasteiger partial charge in [-0.2, -0.15) is 4.31 Å². The molecule has 0 spiro atoms. The molecule has 28 heavy (non-hydrogen) atoms. The summed E-state index contributed by atoms with van der Waals surface area (Å²) in [4.78, 5) is 17.8. The minimum atomic E-state index is -3.74. The van der Waals surface area contributed by atoms with Gasteiger partial charge in [-0.15, -0.1) is 0 Å². The molecule has 0 bridgehead atoms. The third kappa shape index (κ3) is 4.39. The second-order valence-electron chi connectivity index (χ2n) is 8.25. The molecule has 1 amide bonds. The molecular weight excluding hydrogens is 374 g/mol. The average Bonchev–Trinajstić information content (AvgIpc) is 2.73. The topological polar surface area (TPSA) is 62.1 Å². The summed E-state index contributed by atoms with van der Waals surface area (Å²) in [6.07, 6.45) is 6.62. The van der Waals surface area contributed by atoms with E-state index in [4.69, 9.17) is 6.57 Å². The molecule has 2 atom stereocenters. The molecule has 7 heteroatoms. The summed E-state index contributed by atoms with van der Waals surface area (Å²) in [6, 6.07) is 6.17. The quantitative estimate of drug-likeness (QED) is 0.723. The van der Waals surface area contributed by atoms with Crippen LogP contribution in [0, 0.1) is 24.3 Å². The van der Waals surface area contributed by atoms with Crippen molar-refractivity contribution >= 4 is 21.6 Å². The summed E-state index contributed by atoms with van der Waals surface area (Å²) < 4.78 is 28.1. The van der Waals surface area contributed by atoms with Gasteiger partial charge in [-0.1, -0.05) is 44.2 Å². The largest absolute Gasteiger partial charge is 0.349 e. The Bertz CT molecular complexity index is 854.